The van der Waals surface area contributed by atoms with Gasteiger partial charge in [-0.1, -0.05) is 47.2 Å². The van der Waals surface area contributed by atoms with E-state index >= 15 is 0 Å². The van der Waals surface area contributed by atoms with Crippen LogP contribution in [0.4, 0.5) is 5.13 Å². The lowest BCUT2D eigenvalue weighted by atomic mass is 10.2. The molecule has 0 aliphatic heterocycles. The molecule has 1 heterocycles. The maximum atomic E-state index is 12.4. The number of anilines is 1. The molecule has 0 radical (unpaired) electrons. The smallest absolute Gasteiger partial charge is 0.264 e. The van der Waals surface area contributed by atoms with Crippen LogP contribution in [0, 0.1) is 6.92 Å². The zero-order valence-corrected chi connectivity index (χ0v) is 16.8. The monoisotopic (exact) mass is 417 g/mol. The molecule has 0 saturated heterocycles. The molecule has 7 nitrogen and oxygen atoms in total. The Balaban J connectivity index is 1.51. The minimum Gasteiger partial charge on any atom is -0.484 e. The molecular formula is C19H19N3O4S2. The van der Waals surface area contributed by atoms with Crippen molar-refractivity contribution in [1.82, 2.24) is 10.2 Å². The van der Waals surface area contributed by atoms with Crippen molar-refractivity contribution in [1.29, 1.82) is 0 Å². The SMILES string of the molecule is Cc1ccc(S(=O)(=O)CCc2nnc(NC(=O)COc3ccccc3)s2)cc1. The summed E-state index contributed by atoms with van der Waals surface area (Å²) in [6, 6.07) is 15.7. The van der Waals surface area contributed by atoms with E-state index in [4.69, 9.17) is 4.74 Å². The van der Waals surface area contributed by atoms with Gasteiger partial charge < -0.3 is 4.74 Å². The lowest BCUT2D eigenvalue weighted by Gasteiger charge is -2.04. The van der Waals surface area contributed by atoms with Gasteiger partial charge in [-0.2, -0.15) is 0 Å². The van der Waals surface area contributed by atoms with Gasteiger partial charge in [0.15, 0.2) is 16.4 Å². The first-order valence-corrected chi connectivity index (χ1v) is 11.0. The van der Waals surface area contributed by atoms with Crippen LogP contribution >= 0.6 is 11.3 Å². The number of nitrogens with one attached hydrogen (secondary N) is 1. The third-order valence-corrected chi connectivity index (χ3v) is 6.42. The molecule has 0 bridgehead atoms. The van der Waals surface area contributed by atoms with E-state index in [0.717, 1.165) is 16.9 Å². The number of amides is 1. The fraction of sp³-hybridized carbons (Fsp3) is 0.211. The molecule has 3 rings (SSSR count). The zero-order chi connectivity index (χ0) is 20.0. The number of carbonyl (C=O) groups excluding carboxylic acids is 1. The van der Waals surface area contributed by atoms with E-state index in [1.807, 2.05) is 25.1 Å². The van der Waals surface area contributed by atoms with Crippen molar-refractivity contribution in [3.8, 4) is 5.75 Å². The Bertz CT molecular complexity index is 1030. The van der Waals surface area contributed by atoms with E-state index in [1.54, 1.807) is 36.4 Å². The summed E-state index contributed by atoms with van der Waals surface area (Å²) in [5.74, 6) is 0.159. The summed E-state index contributed by atoms with van der Waals surface area (Å²) in [5, 5.41) is 11.3. The molecule has 0 saturated carbocycles. The maximum absolute atomic E-state index is 12.4. The molecule has 28 heavy (non-hydrogen) atoms. The van der Waals surface area contributed by atoms with Crippen molar-refractivity contribution >= 4 is 32.2 Å². The summed E-state index contributed by atoms with van der Waals surface area (Å²) in [4.78, 5) is 12.2. The molecule has 0 aliphatic carbocycles. The van der Waals surface area contributed by atoms with E-state index < -0.39 is 9.84 Å². The molecule has 0 atom stereocenters. The van der Waals surface area contributed by atoms with Crippen LogP contribution in [-0.4, -0.2) is 36.9 Å². The number of ether oxygens (including phenoxy) is 1. The first-order valence-electron chi connectivity index (χ1n) is 8.52. The quantitative estimate of drug-likeness (QED) is 0.605. The van der Waals surface area contributed by atoms with Gasteiger partial charge in [0.1, 0.15) is 10.8 Å². The number of nitrogens with zero attached hydrogens (tertiary/aromatic N) is 2. The van der Waals surface area contributed by atoms with Gasteiger partial charge in [-0.25, -0.2) is 8.42 Å². The number of aromatic nitrogens is 2. The summed E-state index contributed by atoms with van der Waals surface area (Å²) in [6.07, 6.45) is 0.226. The molecule has 0 fully saturated rings. The summed E-state index contributed by atoms with van der Waals surface area (Å²) >= 11 is 1.15. The van der Waals surface area contributed by atoms with Crippen molar-refractivity contribution in [3.63, 3.8) is 0 Å². The second-order valence-corrected chi connectivity index (χ2v) is 9.20. The molecule has 0 aliphatic rings. The summed E-state index contributed by atoms with van der Waals surface area (Å²) in [6.45, 7) is 1.75. The Morgan fingerprint density at radius 1 is 1.07 bits per heavy atom. The number of sulfone groups is 1. The minimum atomic E-state index is -3.40. The van der Waals surface area contributed by atoms with E-state index in [9.17, 15) is 13.2 Å². The second-order valence-electron chi connectivity index (χ2n) is 6.03. The minimum absolute atomic E-state index is 0.0737. The predicted molar refractivity (Wildman–Crippen MR) is 107 cm³/mol. The molecular weight excluding hydrogens is 398 g/mol. The molecule has 0 unspecified atom stereocenters. The van der Waals surface area contributed by atoms with Crippen LogP contribution in [0.1, 0.15) is 10.6 Å². The second kappa shape index (κ2) is 8.94. The highest BCUT2D eigenvalue weighted by Gasteiger charge is 2.16. The van der Waals surface area contributed by atoms with Crippen molar-refractivity contribution in [2.45, 2.75) is 18.2 Å². The summed E-state index contributed by atoms with van der Waals surface area (Å²) in [7, 11) is -3.40. The van der Waals surface area contributed by atoms with Gasteiger partial charge in [0.25, 0.3) is 5.91 Å². The van der Waals surface area contributed by atoms with Gasteiger partial charge in [0, 0.05) is 6.42 Å². The number of benzene rings is 2. The van der Waals surface area contributed by atoms with Crippen LogP contribution < -0.4 is 10.1 Å². The van der Waals surface area contributed by atoms with Crippen LogP contribution in [0.5, 0.6) is 5.75 Å². The molecule has 146 valence electrons. The van der Waals surface area contributed by atoms with Crippen LogP contribution in [0.2, 0.25) is 0 Å². The Labute approximate surface area is 167 Å². The summed E-state index contributed by atoms with van der Waals surface area (Å²) < 4.78 is 30.1. The van der Waals surface area contributed by atoms with Crippen LogP contribution in [0.3, 0.4) is 0 Å². The highest BCUT2D eigenvalue weighted by Crippen LogP contribution is 2.19. The van der Waals surface area contributed by atoms with Gasteiger partial charge in [0.05, 0.1) is 10.6 Å². The van der Waals surface area contributed by atoms with Gasteiger partial charge in [-0.05, 0) is 31.2 Å². The standard InChI is InChI=1S/C19H19N3O4S2/c1-14-7-9-16(10-8-14)28(24,25)12-11-18-21-22-19(27-18)20-17(23)13-26-15-5-3-2-4-6-15/h2-10H,11-13H2,1H3,(H,20,22,23). The highest BCUT2D eigenvalue weighted by molar-refractivity contribution is 7.91. The average Bonchev–Trinajstić information content (AvgIpc) is 3.13. The number of carbonyl (C=O) groups is 1. The van der Waals surface area contributed by atoms with Crippen LogP contribution in [0.25, 0.3) is 0 Å². The number of rotatable bonds is 8. The Kier molecular flexibility index (Phi) is 6.37. The zero-order valence-electron chi connectivity index (χ0n) is 15.2. The molecule has 1 aromatic heterocycles. The first kappa shape index (κ1) is 20.0. The lowest BCUT2D eigenvalue weighted by molar-refractivity contribution is -0.118. The van der Waals surface area contributed by atoms with E-state index in [0.29, 0.717) is 15.9 Å². The lowest BCUT2D eigenvalue weighted by Crippen LogP contribution is -2.20. The van der Waals surface area contributed by atoms with Crippen LogP contribution in [-0.2, 0) is 21.1 Å². The molecule has 1 N–H and O–H groups in total. The number of hydrogen-bond acceptors (Lipinski definition) is 7. The Hall–Kier alpha value is -2.78. The van der Waals surface area contributed by atoms with Crippen molar-refractivity contribution in [2.75, 3.05) is 17.7 Å². The van der Waals surface area contributed by atoms with Crippen molar-refractivity contribution < 1.29 is 17.9 Å². The average molecular weight is 418 g/mol. The predicted octanol–water partition coefficient (Wildman–Crippen LogP) is 2.88. The number of para-hydroxylation sites is 1. The van der Waals surface area contributed by atoms with E-state index in [2.05, 4.69) is 15.5 Å². The largest absolute Gasteiger partial charge is 0.484 e. The molecule has 1 amide bonds. The van der Waals surface area contributed by atoms with Gasteiger partial charge in [-0.3, -0.25) is 10.1 Å². The maximum Gasteiger partial charge on any atom is 0.264 e. The topological polar surface area (TPSA) is 98.3 Å². The third kappa shape index (κ3) is 5.61. The molecule has 3 aromatic rings. The number of hydrogen-bond donors (Lipinski definition) is 1. The normalized spacial score (nSPS) is 11.2. The first-order chi connectivity index (χ1) is 13.4. The third-order valence-electron chi connectivity index (χ3n) is 3.79. The molecule has 0 spiro atoms. The van der Waals surface area contributed by atoms with Crippen molar-refractivity contribution in [2.24, 2.45) is 0 Å². The molecule has 2 aromatic carbocycles. The van der Waals surface area contributed by atoms with Crippen molar-refractivity contribution in [3.05, 3.63) is 65.2 Å². The fourth-order valence-corrected chi connectivity index (χ4v) is 4.44. The van der Waals surface area contributed by atoms with Gasteiger partial charge in [0.2, 0.25) is 5.13 Å². The van der Waals surface area contributed by atoms with E-state index in [-0.39, 0.29) is 29.6 Å². The fourth-order valence-electron chi connectivity index (χ4n) is 2.31. The van der Waals surface area contributed by atoms with Gasteiger partial charge >= 0.3 is 0 Å². The highest BCUT2D eigenvalue weighted by atomic mass is 32.2. The van der Waals surface area contributed by atoms with E-state index in [1.165, 1.54) is 0 Å². The Morgan fingerprint density at radius 3 is 2.50 bits per heavy atom. The summed E-state index contributed by atoms with van der Waals surface area (Å²) in [5.41, 5.74) is 1.000. The molecule has 9 heteroatoms. The number of aryl methyl sites for hydroxylation is 2. The van der Waals surface area contributed by atoms with Crippen LogP contribution in [0.15, 0.2) is 59.5 Å². The Morgan fingerprint density at radius 2 is 1.79 bits per heavy atom. The van der Waals surface area contributed by atoms with Gasteiger partial charge in [-0.15, -0.1) is 10.2 Å².